The van der Waals surface area contributed by atoms with Gasteiger partial charge in [-0.2, -0.15) is 0 Å². The number of carbonyl (C=O) groups excluding carboxylic acids is 1. The van der Waals surface area contributed by atoms with Gasteiger partial charge in [0.2, 0.25) is 0 Å². The molecule has 1 amide bonds. The van der Waals surface area contributed by atoms with E-state index in [1.165, 1.54) is 12.5 Å². The van der Waals surface area contributed by atoms with Gasteiger partial charge in [0.15, 0.2) is 0 Å². The van der Waals surface area contributed by atoms with Crippen LogP contribution in [0.3, 0.4) is 0 Å². The Morgan fingerprint density at radius 1 is 2.00 bits per heavy atom. The standard InChI is InChI=1S/C4H6NO2/c1-2-3-5(7)4-6/h2,7H,1,3H2. The topological polar surface area (TPSA) is 40.5 Å². The van der Waals surface area contributed by atoms with Crippen LogP contribution in [0.4, 0.5) is 0 Å². The van der Waals surface area contributed by atoms with Gasteiger partial charge in [0, 0.05) is 0 Å². The van der Waals surface area contributed by atoms with Gasteiger partial charge in [0.25, 0.3) is 0 Å². The van der Waals surface area contributed by atoms with Gasteiger partial charge in [0.05, 0.1) is 6.54 Å². The molecule has 0 spiro atoms. The van der Waals surface area contributed by atoms with Crippen molar-refractivity contribution in [1.82, 2.24) is 5.06 Å². The first-order valence-electron chi connectivity index (χ1n) is 1.76. The summed E-state index contributed by atoms with van der Waals surface area (Å²) in [6.45, 7) is 3.40. The first-order chi connectivity index (χ1) is 3.31. The normalized spacial score (nSPS) is 7.57. The molecule has 39 valence electrons. The summed E-state index contributed by atoms with van der Waals surface area (Å²) >= 11 is 0. The molecular formula is C4H6NO2. The predicted octanol–water partition coefficient (Wildman–Crippen LogP) is -0.0692. The molecule has 7 heavy (non-hydrogen) atoms. The van der Waals surface area contributed by atoms with Crippen LogP contribution in [0.5, 0.6) is 0 Å². The van der Waals surface area contributed by atoms with Gasteiger partial charge in [-0.25, -0.2) is 5.06 Å². The highest BCUT2D eigenvalue weighted by Gasteiger charge is 1.87. The average Bonchev–Trinajstić information content (AvgIpc) is 1.68. The second kappa shape index (κ2) is 3.36. The highest BCUT2D eigenvalue weighted by atomic mass is 16.5. The maximum absolute atomic E-state index is 9.40. The zero-order valence-corrected chi connectivity index (χ0v) is 3.79. The van der Waals surface area contributed by atoms with E-state index < -0.39 is 0 Å². The minimum absolute atomic E-state index is 0.128. The third kappa shape index (κ3) is 2.99. The smallest absolute Gasteiger partial charge is 0.285 e. The SMILES string of the molecule is C=CCN(O)[C]=O. The Bertz CT molecular complexity index is 72.1. The molecule has 0 rings (SSSR count). The summed E-state index contributed by atoms with van der Waals surface area (Å²) in [4.78, 5) is 9.40. The monoisotopic (exact) mass is 100 g/mol. The Balaban J connectivity index is 3.15. The molecule has 0 aliphatic rings. The zero-order chi connectivity index (χ0) is 5.70. The summed E-state index contributed by atoms with van der Waals surface area (Å²) in [6, 6.07) is 0. The van der Waals surface area contributed by atoms with Crippen LogP contribution in [0.1, 0.15) is 0 Å². The molecule has 0 aromatic heterocycles. The first kappa shape index (κ1) is 6.17. The highest BCUT2D eigenvalue weighted by Crippen LogP contribution is 1.70. The van der Waals surface area contributed by atoms with E-state index in [-0.39, 0.29) is 6.54 Å². The van der Waals surface area contributed by atoms with E-state index in [9.17, 15) is 4.79 Å². The molecule has 3 heteroatoms. The summed E-state index contributed by atoms with van der Waals surface area (Å²) in [6.07, 6.45) is 2.63. The summed E-state index contributed by atoms with van der Waals surface area (Å²) in [5, 5.41) is 8.58. The molecule has 0 fully saturated rings. The van der Waals surface area contributed by atoms with Gasteiger partial charge < -0.3 is 0 Å². The number of hydrogen-bond acceptors (Lipinski definition) is 2. The van der Waals surface area contributed by atoms with Crippen molar-refractivity contribution in [3.05, 3.63) is 12.7 Å². The van der Waals surface area contributed by atoms with Crippen LogP contribution in [0.2, 0.25) is 0 Å². The predicted molar refractivity (Wildman–Crippen MR) is 24.4 cm³/mol. The van der Waals surface area contributed by atoms with E-state index in [0.29, 0.717) is 5.06 Å². The second-order valence-corrected chi connectivity index (χ2v) is 0.962. The Hall–Kier alpha value is -0.830. The lowest BCUT2D eigenvalue weighted by atomic mass is 10.6. The van der Waals surface area contributed by atoms with Crippen LogP contribution >= 0.6 is 0 Å². The third-order valence-electron chi connectivity index (χ3n) is 0.407. The fourth-order valence-electron chi connectivity index (χ4n) is 0.160. The summed E-state index contributed by atoms with van der Waals surface area (Å²) in [7, 11) is 0. The van der Waals surface area contributed by atoms with Crippen LogP contribution in [0.25, 0.3) is 0 Å². The van der Waals surface area contributed by atoms with Crippen molar-refractivity contribution in [3.8, 4) is 0 Å². The molecule has 0 aliphatic carbocycles. The molecule has 3 nitrogen and oxygen atoms in total. The maximum atomic E-state index is 9.40. The Morgan fingerprint density at radius 2 is 2.57 bits per heavy atom. The van der Waals surface area contributed by atoms with Crippen LogP contribution < -0.4 is 0 Å². The van der Waals surface area contributed by atoms with Gasteiger partial charge in [0.1, 0.15) is 0 Å². The van der Waals surface area contributed by atoms with Crippen LogP contribution in [0, 0.1) is 0 Å². The second-order valence-electron chi connectivity index (χ2n) is 0.962. The Morgan fingerprint density at radius 3 is 2.71 bits per heavy atom. The minimum atomic E-state index is 0.128. The number of hydrogen-bond donors (Lipinski definition) is 1. The summed E-state index contributed by atoms with van der Waals surface area (Å²) in [5.41, 5.74) is 0. The lowest BCUT2D eigenvalue weighted by Crippen LogP contribution is -2.15. The quantitative estimate of drug-likeness (QED) is 0.233. The van der Waals surface area contributed by atoms with Gasteiger partial charge in [-0.3, -0.25) is 10.0 Å². The van der Waals surface area contributed by atoms with Crippen molar-refractivity contribution in [1.29, 1.82) is 0 Å². The van der Waals surface area contributed by atoms with Gasteiger partial charge in [-0.05, 0) is 0 Å². The van der Waals surface area contributed by atoms with Crippen molar-refractivity contribution < 1.29 is 10.0 Å². The molecule has 0 aromatic carbocycles. The molecule has 0 unspecified atom stereocenters. The van der Waals surface area contributed by atoms with E-state index in [0.717, 1.165) is 0 Å². The molecule has 0 atom stereocenters. The Kier molecular flexibility index (Phi) is 2.96. The molecule has 1 N–H and O–H groups in total. The summed E-state index contributed by atoms with van der Waals surface area (Å²) < 4.78 is 0. The lowest BCUT2D eigenvalue weighted by molar-refractivity contribution is -0.00519. The van der Waals surface area contributed by atoms with Gasteiger partial charge in [-0.15, -0.1) is 6.58 Å². The first-order valence-corrected chi connectivity index (χ1v) is 1.76. The summed E-state index contributed by atoms with van der Waals surface area (Å²) in [5.74, 6) is 0. The van der Waals surface area contributed by atoms with E-state index in [4.69, 9.17) is 5.21 Å². The largest absolute Gasteiger partial charge is 0.337 e. The van der Waals surface area contributed by atoms with Crippen LogP contribution in [-0.2, 0) is 4.79 Å². The molecule has 0 saturated heterocycles. The maximum Gasteiger partial charge on any atom is 0.337 e. The van der Waals surface area contributed by atoms with Crippen molar-refractivity contribution in [2.24, 2.45) is 0 Å². The van der Waals surface area contributed by atoms with Crippen molar-refractivity contribution in [3.63, 3.8) is 0 Å². The van der Waals surface area contributed by atoms with Gasteiger partial charge in [-0.1, -0.05) is 6.08 Å². The van der Waals surface area contributed by atoms with E-state index in [1.54, 1.807) is 0 Å². The molecule has 0 bridgehead atoms. The van der Waals surface area contributed by atoms with E-state index in [2.05, 4.69) is 6.58 Å². The molecule has 0 aromatic rings. The highest BCUT2D eigenvalue weighted by molar-refractivity contribution is 5.45. The lowest BCUT2D eigenvalue weighted by Gasteiger charge is -1.98. The number of rotatable bonds is 3. The van der Waals surface area contributed by atoms with Gasteiger partial charge >= 0.3 is 6.41 Å². The van der Waals surface area contributed by atoms with E-state index in [1.807, 2.05) is 0 Å². The Labute approximate surface area is 41.8 Å². The van der Waals surface area contributed by atoms with Crippen molar-refractivity contribution >= 4 is 6.41 Å². The molecular weight excluding hydrogens is 94.0 g/mol. The van der Waals surface area contributed by atoms with Crippen LogP contribution in [-0.4, -0.2) is 23.2 Å². The van der Waals surface area contributed by atoms with Crippen molar-refractivity contribution in [2.45, 2.75) is 0 Å². The average molecular weight is 100 g/mol. The van der Waals surface area contributed by atoms with E-state index >= 15 is 0 Å². The number of hydroxylamine groups is 2. The molecule has 0 saturated carbocycles. The number of nitrogens with zero attached hydrogens (tertiary/aromatic N) is 1. The third-order valence-corrected chi connectivity index (χ3v) is 0.407. The van der Waals surface area contributed by atoms with Crippen molar-refractivity contribution in [2.75, 3.05) is 6.54 Å². The minimum Gasteiger partial charge on any atom is -0.285 e. The fraction of sp³-hybridized carbons (Fsp3) is 0.250. The molecule has 0 aliphatic heterocycles. The molecule has 0 heterocycles. The fourth-order valence-corrected chi connectivity index (χ4v) is 0.160. The van der Waals surface area contributed by atoms with Crippen LogP contribution in [0.15, 0.2) is 12.7 Å². The molecule has 1 radical (unpaired) electrons. The number of amides is 1. The zero-order valence-electron chi connectivity index (χ0n) is 3.79.